The number of rotatable bonds is 5. The van der Waals surface area contributed by atoms with Gasteiger partial charge in [0.15, 0.2) is 0 Å². The van der Waals surface area contributed by atoms with E-state index in [1.165, 1.54) is 34.8 Å². The molecule has 0 unspecified atom stereocenters. The Balaban J connectivity index is 1.24. The maximum absolute atomic E-state index is 11.7. The standard InChI is InChI=1S/C17H23N5OS/c23-17-5-2-6-18-22(17)12-11-20-7-9-21(10-8-20)13-16-19-14-3-1-4-15(14)24-16/h2,5-6H,1,3-4,7-13H2. The summed E-state index contributed by atoms with van der Waals surface area (Å²) in [5, 5.41) is 5.40. The van der Waals surface area contributed by atoms with E-state index in [-0.39, 0.29) is 5.56 Å². The van der Waals surface area contributed by atoms with E-state index in [9.17, 15) is 4.79 Å². The lowest BCUT2D eigenvalue weighted by Crippen LogP contribution is -2.47. The molecule has 1 fully saturated rings. The highest BCUT2D eigenvalue weighted by atomic mass is 32.1. The monoisotopic (exact) mass is 345 g/mol. The summed E-state index contributed by atoms with van der Waals surface area (Å²) < 4.78 is 1.55. The maximum Gasteiger partial charge on any atom is 0.266 e. The normalized spacial score (nSPS) is 18.8. The van der Waals surface area contributed by atoms with Crippen LogP contribution in [0.3, 0.4) is 0 Å². The van der Waals surface area contributed by atoms with Crippen LogP contribution in [-0.4, -0.2) is 57.3 Å². The average Bonchev–Trinajstić information content (AvgIpc) is 3.17. The Morgan fingerprint density at radius 2 is 1.92 bits per heavy atom. The van der Waals surface area contributed by atoms with Crippen LogP contribution in [0.25, 0.3) is 0 Å². The van der Waals surface area contributed by atoms with Crippen molar-refractivity contribution in [1.82, 2.24) is 24.6 Å². The third kappa shape index (κ3) is 3.58. The lowest BCUT2D eigenvalue weighted by molar-refractivity contribution is 0.122. The molecule has 2 aromatic rings. The summed E-state index contributed by atoms with van der Waals surface area (Å²) in [5.41, 5.74) is 1.34. The SMILES string of the molecule is O=c1cccnn1CCN1CCN(Cc2nc3c(s2)CCC3)CC1. The van der Waals surface area contributed by atoms with E-state index in [1.807, 2.05) is 11.3 Å². The van der Waals surface area contributed by atoms with Gasteiger partial charge in [0.2, 0.25) is 0 Å². The van der Waals surface area contributed by atoms with Crippen LogP contribution in [0, 0.1) is 0 Å². The van der Waals surface area contributed by atoms with Gasteiger partial charge < -0.3 is 0 Å². The number of nitrogens with zero attached hydrogens (tertiary/aromatic N) is 5. The van der Waals surface area contributed by atoms with Crippen molar-refractivity contribution < 1.29 is 0 Å². The molecule has 4 rings (SSSR count). The van der Waals surface area contributed by atoms with E-state index >= 15 is 0 Å². The molecule has 0 amide bonds. The number of fused-ring (bicyclic) bond motifs is 1. The van der Waals surface area contributed by atoms with Crippen LogP contribution < -0.4 is 5.56 Å². The van der Waals surface area contributed by atoms with Crippen LogP contribution >= 0.6 is 11.3 Å². The molecule has 0 spiro atoms. The minimum atomic E-state index is -0.0204. The predicted octanol–water partition coefficient (Wildman–Crippen LogP) is 1.01. The number of aryl methyl sites for hydroxylation is 2. The second kappa shape index (κ2) is 7.13. The number of thiazole rings is 1. The molecular weight excluding hydrogens is 322 g/mol. The molecule has 2 aromatic heterocycles. The number of hydrogen-bond acceptors (Lipinski definition) is 6. The van der Waals surface area contributed by atoms with Gasteiger partial charge in [-0.2, -0.15) is 5.10 Å². The fourth-order valence-corrected chi connectivity index (χ4v) is 4.66. The van der Waals surface area contributed by atoms with Crippen LogP contribution in [0.4, 0.5) is 0 Å². The predicted molar refractivity (Wildman–Crippen MR) is 94.4 cm³/mol. The van der Waals surface area contributed by atoms with Gasteiger partial charge in [0.25, 0.3) is 5.56 Å². The molecule has 1 aliphatic heterocycles. The van der Waals surface area contributed by atoms with Gasteiger partial charge in [0.05, 0.1) is 18.8 Å². The van der Waals surface area contributed by atoms with Gasteiger partial charge in [-0.25, -0.2) is 9.67 Å². The molecule has 0 radical (unpaired) electrons. The average molecular weight is 345 g/mol. The molecule has 7 heteroatoms. The summed E-state index contributed by atoms with van der Waals surface area (Å²) >= 11 is 1.91. The number of hydrogen-bond donors (Lipinski definition) is 0. The second-order valence-corrected chi connectivity index (χ2v) is 7.70. The van der Waals surface area contributed by atoms with Crippen LogP contribution in [-0.2, 0) is 25.9 Å². The first-order valence-corrected chi connectivity index (χ1v) is 9.54. The first kappa shape index (κ1) is 15.9. The largest absolute Gasteiger partial charge is 0.299 e. The number of piperazine rings is 1. The van der Waals surface area contributed by atoms with Gasteiger partial charge in [-0.05, 0) is 25.3 Å². The fraction of sp³-hybridized carbons (Fsp3) is 0.588. The highest BCUT2D eigenvalue weighted by molar-refractivity contribution is 7.11. The minimum absolute atomic E-state index is 0.0204. The van der Waals surface area contributed by atoms with Gasteiger partial charge in [0, 0.05) is 49.9 Å². The first-order valence-electron chi connectivity index (χ1n) is 8.72. The van der Waals surface area contributed by atoms with Gasteiger partial charge in [-0.3, -0.25) is 14.6 Å². The van der Waals surface area contributed by atoms with E-state index in [1.54, 1.807) is 23.0 Å². The lowest BCUT2D eigenvalue weighted by Gasteiger charge is -2.34. The van der Waals surface area contributed by atoms with Crippen molar-refractivity contribution >= 4 is 11.3 Å². The molecule has 1 saturated heterocycles. The van der Waals surface area contributed by atoms with Crippen molar-refractivity contribution in [2.45, 2.75) is 32.4 Å². The maximum atomic E-state index is 11.7. The van der Waals surface area contributed by atoms with Crippen molar-refractivity contribution in [3.8, 4) is 0 Å². The third-order valence-electron chi connectivity index (χ3n) is 4.88. The van der Waals surface area contributed by atoms with Crippen molar-refractivity contribution in [1.29, 1.82) is 0 Å². The molecule has 0 saturated carbocycles. The molecule has 0 atom stereocenters. The summed E-state index contributed by atoms with van der Waals surface area (Å²) in [6.07, 6.45) is 5.36. The summed E-state index contributed by atoms with van der Waals surface area (Å²) in [6, 6.07) is 3.25. The lowest BCUT2D eigenvalue weighted by atomic mass is 10.3. The molecule has 0 aromatic carbocycles. The van der Waals surface area contributed by atoms with Crippen LogP contribution in [0.1, 0.15) is 22.0 Å². The van der Waals surface area contributed by atoms with E-state index in [2.05, 4.69) is 14.9 Å². The topological polar surface area (TPSA) is 54.3 Å². The van der Waals surface area contributed by atoms with Crippen molar-refractivity contribution in [2.75, 3.05) is 32.7 Å². The zero-order chi connectivity index (χ0) is 16.4. The third-order valence-corrected chi connectivity index (χ3v) is 6.02. The molecule has 128 valence electrons. The Kier molecular flexibility index (Phi) is 4.73. The Hall–Kier alpha value is -1.57. The summed E-state index contributed by atoms with van der Waals surface area (Å²) in [7, 11) is 0. The van der Waals surface area contributed by atoms with Crippen molar-refractivity contribution in [3.05, 3.63) is 44.3 Å². The van der Waals surface area contributed by atoms with Gasteiger partial charge in [0.1, 0.15) is 5.01 Å². The Labute approximate surface area is 145 Å². The molecule has 2 aliphatic rings. The van der Waals surface area contributed by atoms with E-state index < -0.39 is 0 Å². The van der Waals surface area contributed by atoms with E-state index in [4.69, 9.17) is 4.98 Å². The van der Waals surface area contributed by atoms with Crippen LogP contribution in [0.5, 0.6) is 0 Å². The summed E-state index contributed by atoms with van der Waals surface area (Å²) in [5.74, 6) is 0. The molecule has 24 heavy (non-hydrogen) atoms. The molecular formula is C17H23N5OS. The molecule has 0 bridgehead atoms. The Morgan fingerprint density at radius 3 is 2.71 bits per heavy atom. The second-order valence-electron chi connectivity index (χ2n) is 6.53. The first-order chi connectivity index (χ1) is 11.8. The number of aromatic nitrogens is 3. The highest BCUT2D eigenvalue weighted by Gasteiger charge is 2.21. The molecule has 1 aliphatic carbocycles. The smallest absolute Gasteiger partial charge is 0.266 e. The van der Waals surface area contributed by atoms with Crippen LogP contribution in [0.2, 0.25) is 0 Å². The van der Waals surface area contributed by atoms with Crippen molar-refractivity contribution in [3.63, 3.8) is 0 Å². The van der Waals surface area contributed by atoms with Gasteiger partial charge >= 0.3 is 0 Å². The summed E-state index contributed by atoms with van der Waals surface area (Å²) in [4.78, 5) is 22.9. The Bertz CT molecular complexity index is 726. The molecule has 6 nitrogen and oxygen atoms in total. The van der Waals surface area contributed by atoms with Crippen molar-refractivity contribution in [2.24, 2.45) is 0 Å². The molecule has 3 heterocycles. The summed E-state index contributed by atoms with van der Waals surface area (Å²) in [6.45, 7) is 6.78. The Morgan fingerprint density at radius 1 is 1.08 bits per heavy atom. The van der Waals surface area contributed by atoms with Gasteiger partial charge in [-0.1, -0.05) is 0 Å². The quantitative estimate of drug-likeness (QED) is 0.809. The zero-order valence-corrected chi connectivity index (χ0v) is 14.7. The van der Waals surface area contributed by atoms with Gasteiger partial charge in [-0.15, -0.1) is 11.3 Å². The highest BCUT2D eigenvalue weighted by Crippen LogP contribution is 2.28. The minimum Gasteiger partial charge on any atom is -0.299 e. The van der Waals surface area contributed by atoms with Crippen LogP contribution in [0.15, 0.2) is 23.1 Å². The fourth-order valence-electron chi connectivity index (χ4n) is 3.47. The zero-order valence-electron chi connectivity index (χ0n) is 13.9. The molecule has 0 N–H and O–H groups in total. The van der Waals surface area contributed by atoms with E-state index in [0.29, 0.717) is 6.54 Å². The van der Waals surface area contributed by atoms with E-state index in [0.717, 1.165) is 39.3 Å².